The molecule has 2 aromatic carbocycles. The van der Waals surface area contributed by atoms with Crippen LogP contribution in [-0.2, 0) is 22.4 Å². The Labute approximate surface area is 213 Å². The van der Waals surface area contributed by atoms with Crippen LogP contribution in [0.15, 0.2) is 60.2 Å². The standard InChI is InChI=1S/C27H34BN3O5/c1-5-31(27(2,3)4)25(32)23(19-29)17-22-13-9-12-21(16-22)14-15-36-26(33)30-24(28(34)35)18-20-10-7-6-8-11-20/h6-13,16-17,24,34-35H,5,14-15,18H2,1-4H3,(H,30,33). The van der Waals surface area contributed by atoms with E-state index in [0.29, 0.717) is 18.5 Å². The number of nitriles is 1. The number of likely N-dealkylation sites (N-methyl/N-ethyl adjacent to an activating group) is 1. The number of carbonyl (C=O) groups is 2. The predicted molar refractivity (Wildman–Crippen MR) is 139 cm³/mol. The van der Waals surface area contributed by atoms with Gasteiger partial charge in [-0.2, -0.15) is 5.26 Å². The van der Waals surface area contributed by atoms with Crippen LogP contribution in [0.25, 0.3) is 6.08 Å². The van der Waals surface area contributed by atoms with Gasteiger partial charge in [0, 0.05) is 18.5 Å². The van der Waals surface area contributed by atoms with E-state index < -0.39 is 24.7 Å². The minimum Gasteiger partial charge on any atom is -0.449 e. The Morgan fingerprint density at radius 1 is 1.14 bits per heavy atom. The summed E-state index contributed by atoms with van der Waals surface area (Å²) >= 11 is 0. The lowest BCUT2D eigenvalue weighted by molar-refractivity contribution is -0.130. The number of hydrogen-bond acceptors (Lipinski definition) is 6. The molecule has 2 rings (SSSR count). The second-order valence-corrected chi connectivity index (χ2v) is 9.38. The summed E-state index contributed by atoms with van der Waals surface area (Å²) in [6.07, 6.45) is 1.45. The maximum absolute atomic E-state index is 12.9. The number of rotatable bonds is 10. The summed E-state index contributed by atoms with van der Waals surface area (Å²) in [6, 6.07) is 18.5. The summed E-state index contributed by atoms with van der Waals surface area (Å²) in [6.45, 7) is 8.19. The largest absolute Gasteiger partial charge is 0.475 e. The summed E-state index contributed by atoms with van der Waals surface area (Å²) in [7, 11) is -1.74. The molecule has 0 bridgehead atoms. The van der Waals surface area contributed by atoms with Gasteiger partial charge < -0.3 is 25.0 Å². The minimum absolute atomic E-state index is 0.0478. The molecule has 1 unspecified atom stereocenters. The maximum Gasteiger partial charge on any atom is 0.475 e. The van der Waals surface area contributed by atoms with E-state index in [9.17, 15) is 24.9 Å². The van der Waals surface area contributed by atoms with E-state index in [-0.39, 0.29) is 24.5 Å². The van der Waals surface area contributed by atoms with Gasteiger partial charge in [-0.1, -0.05) is 54.6 Å². The molecule has 0 radical (unpaired) electrons. The zero-order valence-corrected chi connectivity index (χ0v) is 21.3. The molecular formula is C27H34BN3O5. The van der Waals surface area contributed by atoms with Gasteiger partial charge in [0.05, 0.1) is 12.5 Å². The molecule has 0 spiro atoms. The number of carbonyl (C=O) groups excluding carboxylic acids is 2. The van der Waals surface area contributed by atoms with E-state index in [1.807, 2.05) is 76.2 Å². The van der Waals surface area contributed by atoms with Gasteiger partial charge in [0.1, 0.15) is 11.6 Å². The zero-order valence-electron chi connectivity index (χ0n) is 21.3. The van der Waals surface area contributed by atoms with E-state index in [4.69, 9.17) is 4.74 Å². The van der Waals surface area contributed by atoms with Crippen LogP contribution in [0.2, 0.25) is 0 Å². The molecule has 3 N–H and O–H groups in total. The summed E-state index contributed by atoms with van der Waals surface area (Å²) in [5.41, 5.74) is 2.03. The van der Waals surface area contributed by atoms with Crippen molar-refractivity contribution in [3.63, 3.8) is 0 Å². The maximum atomic E-state index is 12.9. The summed E-state index contributed by atoms with van der Waals surface area (Å²) in [4.78, 5) is 26.7. The molecule has 0 aliphatic heterocycles. The van der Waals surface area contributed by atoms with Crippen LogP contribution in [0.5, 0.6) is 0 Å². The predicted octanol–water partition coefficient (Wildman–Crippen LogP) is 3.13. The molecule has 2 amide bonds. The lowest BCUT2D eigenvalue weighted by atomic mass is 9.76. The quantitative estimate of drug-likeness (QED) is 0.267. The van der Waals surface area contributed by atoms with Crippen molar-refractivity contribution in [2.24, 2.45) is 0 Å². The van der Waals surface area contributed by atoms with Crippen molar-refractivity contribution in [3.05, 3.63) is 76.9 Å². The van der Waals surface area contributed by atoms with E-state index >= 15 is 0 Å². The van der Waals surface area contributed by atoms with Crippen molar-refractivity contribution in [1.29, 1.82) is 5.26 Å². The zero-order chi connectivity index (χ0) is 26.7. The van der Waals surface area contributed by atoms with Gasteiger partial charge >= 0.3 is 13.2 Å². The third-order valence-electron chi connectivity index (χ3n) is 5.57. The number of nitrogens with one attached hydrogen (secondary N) is 1. The molecule has 0 aliphatic rings. The Hall–Kier alpha value is -3.61. The fraction of sp³-hybridized carbons (Fsp3) is 0.370. The Morgan fingerprint density at radius 3 is 2.39 bits per heavy atom. The van der Waals surface area contributed by atoms with Gasteiger partial charge in [-0.05, 0) is 56.9 Å². The van der Waals surface area contributed by atoms with Crippen LogP contribution in [-0.4, -0.2) is 58.7 Å². The van der Waals surface area contributed by atoms with Gasteiger partial charge in [-0.3, -0.25) is 4.79 Å². The third kappa shape index (κ3) is 8.88. The first-order chi connectivity index (χ1) is 17.0. The van der Waals surface area contributed by atoms with Gasteiger partial charge in [0.2, 0.25) is 0 Å². The lowest BCUT2D eigenvalue weighted by Gasteiger charge is -2.34. The average molecular weight is 491 g/mol. The molecule has 0 aromatic heterocycles. The van der Waals surface area contributed by atoms with Crippen LogP contribution in [0.4, 0.5) is 4.79 Å². The summed E-state index contributed by atoms with van der Waals surface area (Å²) < 4.78 is 5.23. The Kier molecular flexibility index (Phi) is 10.7. The molecule has 2 aromatic rings. The monoisotopic (exact) mass is 491 g/mol. The van der Waals surface area contributed by atoms with E-state index in [1.54, 1.807) is 23.1 Å². The highest BCUT2D eigenvalue weighted by Gasteiger charge is 2.27. The number of nitrogens with zero attached hydrogens (tertiary/aromatic N) is 2. The highest BCUT2D eigenvalue weighted by molar-refractivity contribution is 6.43. The molecule has 0 heterocycles. The van der Waals surface area contributed by atoms with Crippen LogP contribution in [0.3, 0.4) is 0 Å². The fourth-order valence-corrected chi connectivity index (χ4v) is 3.77. The SMILES string of the molecule is CCN(C(=O)C(C#N)=Cc1cccc(CCOC(=O)NC(Cc2ccccc2)B(O)O)c1)C(C)(C)C. The van der Waals surface area contributed by atoms with Crippen molar-refractivity contribution >= 4 is 25.2 Å². The average Bonchev–Trinajstić information content (AvgIpc) is 2.82. The van der Waals surface area contributed by atoms with Gasteiger partial charge in [0.25, 0.3) is 5.91 Å². The lowest BCUT2D eigenvalue weighted by Crippen LogP contribution is -2.48. The van der Waals surface area contributed by atoms with Crippen molar-refractivity contribution in [3.8, 4) is 6.07 Å². The fourth-order valence-electron chi connectivity index (χ4n) is 3.77. The second kappa shape index (κ2) is 13.5. The molecule has 0 fully saturated rings. The van der Waals surface area contributed by atoms with Crippen LogP contribution < -0.4 is 5.32 Å². The van der Waals surface area contributed by atoms with E-state index in [0.717, 1.165) is 11.1 Å². The van der Waals surface area contributed by atoms with Crippen molar-refractivity contribution in [1.82, 2.24) is 10.2 Å². The Morgan fingerprint density at radius 2 is 1.81 bits per heavy atom. The van der Waals surface area contributed by atoms with Gasteiger partial charge in [-0.15, -0.1) is 0 Å². The minimum atomic E-state index is -1.74. The van der Waals surface area contributed by atoms with Crippen molar-refractivity contribution < 1.29 is 24.4 Å². The van der Waals surface area contributed by atoms with Crippen molar-refractivity contribution in [2.45, 2.75) is 52.0 Å². The normalized spacial score (nSPS) is 12.3. The molecule has 0 aliphatic carbocycles. The molecule has 36 heavy (non-hydrogen) atoms. The van der Waals surface area contributed by atoms with E-state index in [2.05, 4.69) is 5.32 Å². The first-order valence-electron chi connectivity index (χ1n) is 11.9. The smallest absolute Gasteiger partial charge is 0.449 e. The Bertz CT molecular complexity index is 1090. The number of hydrogen-bond donors (Lipinski definition) is 3. The summed E-state index contributed by atoms with van der Waals surface area (Å²) in [5, 5.41) is 31.3. The molecule has 0 saturated heterocycles. The topological polar surface area (TPSA) is 123 Å². The highest BCUT2D eigenvalue weighted by atomic mass is 16.5. The van der Waals surface area contributed by atoms with Crippen LogP contribution in [0.1, 0.15) is 44.4 Å². The molecule has 9 heteroatoms. The first-order valence-corrected chi connectivity index (χ1v) is 11.9. The molecule has 8 nitrogen and oxygen atoms in total. The molecule has 190 valence electrons. The molecular weight excluding hydrogens is 457 g/mol. The number of alkyl carbamates (subject to hydrolysis) is 1. The number of amides is 2. The van der Waals surface area contributed by atoms with E-state index in [1.165, 1.54) is 0 Å². The molecule has 1 atom stereocenters. The first kappa shape index (κ1) is 28.6. The Balaban J connectivity index is 1.98. The number of ether oxygens (including phenoxy) is 1. The van der Waals surface area contributed by atoms with Gasteiger partial charge in [-0.25, -0.2) is 4.79 Å². The van der Waals surface area contributed by atoms with Gasteiger partial charge in [0.15, 0.2) is 0 Å². The number of benzene rings is 2. The van der Waals surface area contributed by atoms with Crippen LogP contribution >= 0.6 is 0 Å². The molecule has 0 saturated carbocycles. The second-order valence-electron chi connectivity index (χ2n) is 9.38. The highest BCUT2D eigenvalue weighted by Crippen LogP contribution is 2.18. The van der Waals surface area contributed by atoms with Crippen LogP contribution in [0, 0.1) is 11.3 Å². The third-order valence-corrected chi connectivity index (χ3v) is 5.57. The summed E-state index contributed by atoms with van der Waals surface area (Å²) in [5.74, 6) is -1.24. The van der Waals surface area contributed by atoms with Crippen molar-refractivity contribution in [2.75, 3.05) is 13.2 Å².